The third-order valence-electron chi connectivity index (χ3n) is 6.31. The number of hydrogen-bond acceptors (Lipinski definition) is 5. The Kier molecular flexibility index (Phi) is 16.6. The van der Waals surface area contributed by atoms with Crippen LogP contribution in [0.5, 0.6) is 0 Å². The summed E-state index contributed by atoms with van der Waals surface area (Å²) >= 11 is 0. The Hall–Kier alpha value is -3.87. The van der Waals surface area contributed by atoms with Gasteiger partial charge in [0.2, 0.25) is 0 Å². The maximum absolute atomic E-state index is 4.23. The second kappa shape index (κ2) is 19.3. The van der Waals surface area contributed by atoms with Crippen molar-refractivity contribution in [2.45, 2.75) is 101 Å². The van der Waals surface area contributed by atoms with Gasteiger partial charge in [-0.25, -0.2) is 24.5 Å². The predicted octanol–water partition coefficient (Wildman–Crippen LogP) is 9.69. The van der Waals surface area contributed by atoms with Crippen LogP contribution in [0.4, 0.5) is 0 Å². The molecule has 42 heavy (non-hydrogen) atoms. The first-order valence-electron chi connectivity index (χ1n) is 15.6. The quantitative estimate of drug-likeness (QED) is 0.233. The van der Waals surface area contributed by atoms with Crippen molar-refractivity contribution in [1.29, 1.82) is 0 Å². The highest BCUT2D eigenvalue weighted by Gasteiger charge is 2.16. The maximum Gasteiger partial charge on any atom is 0.155 e. The molecule has 0 unspecified atom stereocenters. The smallest absolute Gasteiger partial charge is 0.155 e. The van der Waals surface area contributed by atoms with Crippen molar-refractivity contribution in [1.82, 2.24) is 34.5 Å². The second-order valence-electron chi connectivity index (χ2n) is 9.88. The molecule has 0 saturated carbocycles. The zero-order valence-electron chi connectivity index (χ0n) is 28.0. The number of nitrogens with one attached hydrogen (secondary N) is 1. The van der Waals surface area contributed by atoms with Gasteiger partial charge in [-0.1, -0.05) is 95.2 Å². The number of fused-ring (bicyclic) bond motifs is 3. The molecule has 1 aliphatic rings. The van der Waals surface area contributed by atoms with Crippen molar-refractivity contribution in [2.75, 3.05) is 0 Å². The van der Waals surface area contributed by atoms with Crippen molar-refractivity contribution >= 4 is 22.3 Å². The average molecular weight is 572 g/mol. The molecule has 0 radical (unpaired) electrons. The van der Waals surface area contributed by atoms with Gasteiger partial charge in [0.1, 0.15) is 18.3 Å². The first-order chi connectivity index (χ1) is 20.3. The number of allylic oxidation sites excluding steroid dienone is 2. The van der Waals surface area contributed by atoms with E-state index in [1.807, 2.05) is 78.5 Å². The number of hydrogen-bond donors (Lipinski definition) is 1. The van der Waals surface area contributed by atoms with Gasteiger partial charge in [0.15, 0.2) is 5.65 Å². The molecule has 228 valence electrons. The molecule has 0 fully saturated rings. The highest BCUT2D eigenvalue weighted by atomic mass is 15.3. The van der Waals surface area contributed by atoms with Gasteiger partial charge < -0.3 is 4.98 Å². The summed E-state index contributed by atoms with van der Waals surface area (Å²) in [6.45, 7) is 25.1. The molecule has 5 heterocycles. The lowest BCUT2D eigenvalue weighted by atomic mass is 10.00. The molecule has 1 aliphatic carbocycles. The van der Waals surface area contributed by atoms with Crippen molar-refractivity contribution in [3.05, 3.63) is 90.2 Å². The summed E-state index contributed by atoms with van der Waals surface area (Å²) in [6, 6.07) is 8.16. The zero-order chi connectivity index (χ0) is 31.7. The number of pyridine rings is 2. The molecule has 7 heteroatoms. The molecule has 5 aromatic heterocycles. The van der Waals surface area contributed by atoms with Gasteiger partial charge in [-0.05, 0) is 52.7 Å². The first-order valence-corrected chi connectivity index (χ1v) is 15.6. The van der Waals surface area contributed by atoms with Gasteiger partial charge in [0.05, 0.1) is 5.69 Å². The van der Waals surface area contributed by atoms with Crippen LogP contribution in [0.15, 0.2) is 67.8 Å². The lowest BCUT2D eigenvalue weighted by molar-refractivity contribution is 0.835. The van der Waals surface area contributed by atoms with Crippen molar-refractivity contribution < 1.29 is 0 Å². The topological polar surface area (TPSA) is 84.6 Å². The molecule has 7 nitrogen and oxygen atoms in total. The van der Waals surface area contributed by atoms with Gasteiger partial charge >= 0.3 is 0 Å². The Bertz CT molecular complexity index is 1460. The van der Waals surface area contributed by atoms with Gasteiger partial charge in [0.25, 0.3) is 0 Å². The zero-order valence-corrected chi connectivity index (χ0v) is 28.0. The second-order valence-corrected chi connectivity index (χ2v) is 9.88. The fraction of sp³-hybridized carbons (Fsp3) is 0.457. The van der Waals surface area contributed by atoms with Crippen LogP contribution in [0.2, 0.25) is 0 Å². The van der Waals surface area contributed by atoms with Crippen LogP contribution in [-0.4, -0.2) is 34.5 Å². The van der Waals surface area contributed by atoms with Crippen molar-refractivity contribution in [3.63, 3.8) is 0 Å². The first kappa shape index (κ1) is 36.2. The number of H-pyrrole nitrogens is 1. The average Bonchev–Trinajstić information content (AvgIpc) is 3.79. The summed E-state index contributed by atoms with van der Waals surface area (Å²) in [5, 5.41) is 5.31. The summed E-state index contributed by atoms with van der Waals surface area (Å²) in [4.78, 5) is 19.7. The van der Waals surface area contributed by atoms with Crippen LogP contribution < -0.4 is 0 Å². The molecular weight excluding hydrogens is 518 g/mol. The molecule has 0 aromatic carbocycles. The minimum atomic E-state index is 0.540. The van der Waals surface area contributed by atoms with E-state index in [0.717, 1.165) is 17.7 Å². The van der Waals surface area contributed by atoms with Crippen LogP contribution in [0, 0.1) is 5.92 Å². The lowest BCUT2D eigenvalue weighted by Crippen LogP contribution is -1.94. The van der Waals surface area contributed by atoms with E-state index in [-0.39, 0.29) is 0 Å². The fourth-order valence-corrected chi connectivity index (χ4v) is 4.25. The van der Waals surface area contributed by atoms with Crippen LogP contribution in [0.1, 0.15) is 117 Å². The minimum absolute atomic E-state index is 0.540. The normalized spacial score (nSPS) is 11.1. The SMILES string of the molecule is CC.CC.CC.CC(C)C1=CCc2ncncc21.CC(C)c1c[nH]c2ncccc12.CC(C)c1ccc2ncnn2c1. The molecule has 0 aliphatic heterocycles. The van der Waals surface area contributed by atoms with E-state index >= 15 is 0 Å². The molecule has 0 atom stereocenters. The Morgan fingerprint density at radius 2 is 1.50 bits per heavy atom. The summed E-state index contributed by atoms with van der Waals surface area (Å²) in [5.74, 6) is 1.68. The highest BCUT2D eigenvalue weighted by Crippen LogP contribution is 2.30. The maximum atomic E-state index is 4.23. The third kappa shape index (κ3) is 9.89. The molecule has 1 N–H and O–H groups in total. The summed E-state index contributed by atoms with van der Waals surface area (Å²) in [5.41, 5.74) is 8.33. The largest absolute Gasteiger partial charge is 0.346 e. The standard InChI is InChI=1S/2C10H12N2.C9H11N3.3C2H6/c1-7(2)8-3-4-10-9(8)5-11-6-12-10;1-7(2)9-6-12-10-8(9)4-3-5-11-10;1-7(2)8-3-4-9-10-6-11-12(9)5-8;3*1-2/h3,5-7H,4H2,1-2H3;3-7H,1-2H3,(H,11,12);3-7H,1-2H3;3*1-2H3. The van der Waals surface area contributed by atoms with Gasteiger partial charge in [-0.15, -0.1) is 0 Å². The molecule has 5 aromatic rings. The predicted molar refractivity (Wildman–Crippen MR) is 180 cm³/mol. The fourth-order valence-electron chi connectivity index (χ4n) is 4.25. The van der Waals surface area contributed by atoms with E-state index in [2.05, 4.69) is 89.8 Å². The van der Waals surface area contributed by atoms with E-state index in [1.165, 1.54) is 33.3 Å². The monoisotopic (exact) mass is 571 g/mol. The minimum Gasteiger partial charge on any atom is -0.346 e. The summed E-state index contributed by atoms with van der Waals surface area (Å²) < 4.78 is 1.80. The van der Waals surface area contributed by atoms with Gasteiger partial charge in [0, 0.05) is 42.2 Å². The van der Waals surface area contributed by atoms with Crippen LogP contribution in [0.3, 0.4) is 0 Å². The van der Waals surface area contributed by atoms with Crippen molar-refractivity contribution in [3.8, 4) is 0 Å². The summed E-state index contributed by atoms with van der Waals surface area (Å²) in [6.07, 6.45) is 14.2. The Balaban J connectivity index is 0.000000289. The van der Waals surface area contributed by atoms with Crippen LogP contribution >= 0.6 is 0 Å². The van der Waals surface area contributed by atoms with Gasteiger partial charge in [-0.3, -0.25) is 0 Å². The molecule has 0 spiro atoms. The van der Waals surface area contributed by atoms with Gasteiger partial charge in [-0.2, -0.15) is 5.10 Å². The van der Waals surface area contributed by atoms with E-state index < -0.39 is 0 Å². The molecule has 0 saturated heterocycles. The molecule has 0 amide bonds. The van der Waals surface area contributed by atoms with Crippen LogP contribution in [-0.2, 0) is 6.42 Å². The highest BCUT2D eigenvalue weighted by molar-refractivity contribution is 5.79. The Labute approximate surface area is 254 Å². The van der Waals surface area contributed by atoms with E-state index in [9.17, 15) is 0 Å². The van der Waals surface area contributed by atoms with E-state index in [1.54, 1.807) is 17.2 Å². The van der Waals surface area contributed by atoms with E-state index in [0.29, 0.717) is 17.8 Å². The number of rotatable bonds is 3. The number of aromatic amines is 1. The third-order valence-corrected chi connectivity index (χ3v) is 6.31. The summed E-state index contributed by atoms with van der Waals surface area (Å²) in [7, 11) is 0. The molecular formula is C35H53N7. The number of nitrogens with zero attached hydrogens (tertiary/aromatic N) is 6. The Morgan fingerprint density at radius 3 is 2.14 bits per heavy atom. The van der Waals surface area contributed by atoms with Crippen molar-refractivity contribution in [2.24, 2.45) is 5.92 Å². The van der Waals surface area contributed by atoms with E-state index in [4.69, 9.17) is 0 Å². The lowest BCUT2D eigenvalue weighted by Gasteiger charge is -2.06. The molecule has 0 bridgehead atoms. The number of aromatic nitrogens is 7. The Morgan fingerprint density at radius 1 is 0.786 bits per heavy atom. The molecule has 6 rings (SSSR count). The van der Waals surface area contributed by atoms with Crippen LogP contribution in [0.25, 0.3) is 22.3 Å².